The van der Waals surface area contributed by atoms with E-state index >= 15 is 0 Å². The minimum atomic E-state index is -0.139. The summed E-state index contributed by atoms with van der Waals surface area (Å²) in [6.07, 6.45) is 2.65. The van der Waals surface area contributed by atoms with Gasteiger partial charge in [-0.15, -0.1) is 0 Å². The molecule has 1 amide bonds. The van der Waals surface area contributed by atoms with Crippen molar-refractivity contribution in [2.75, 3.05) is 24.5 Å². The van der Waals surface area contributed by atoms with Crippen molar-refractivity contribution < 1.29 is 4.79 Å². The van der Waals surface area contributed by atoms with Gasteiger partial charge in [0.05, 0.1) is 0 Å². The molecule has 0 saturated carbocycles. The number of amides is 1. The number of benzene rings is 1. The van der Waals surface area contributed by atoms with Gasteiger partial charge in [0.15, 0.2) is 0 Å². The Morgan fingerprint density at radius 1 is 1.42 bits per heavy atom. The van der Waals surface area contributed by atoms with Gasteiger partial charge in [-0.1, -0.05) is 25.1 Å². The summed E-state index contributed by atoms with van der Waals surface area (Å²) in [5.41, 5.74) is 8.15. The van der Waals surface area contributed by atoms with E-state index in [-0.39, 0.29) is 11.9 Å². The molecule has 1 saturated heterocycles. The van der Waals surface area contributed by atoms with E-state index in [1.807, 2.05) is 6.07 Å². The van der Waals surface area contributed by atoms with E-state index in [1.54, 1.807) is 0 Å². The van der Waals surface area contributed by atoms with Crippen LogP contribution in [0.5, 0.6) is 0 Å². The maximum Gasteiger partial charge on any atom is 0.242 e. The molecule has 19 heavy (non-hydrogen) atoms. The van der Waals surface area contributed by atoms with Crippen LogP contribution in [0.4, 0.5) is 5.69 Å². The highest BCUT2D eigenvalue weighted by Gasteiger charge is 2.28. The van der Waals surface area contributed by atoms with Crippen molar-refractivity contribution in [3.8, 4) is 0 Å². The Morgan fingerprint density at radius 2 is 2.21 bits per heavy atom. The van der Waals surface area contributed by atoms with Crippen LogP contribution < -0.4 is 16.0 Å². The maximum atomic E-state index is 12.2. The SMILES string of the molecule is CCc1ccccc1N1CCCNC(=O)C1CCN. The average Bonchev–Trinajstić information content (AvgIpc) is 2.62. The number of aryl methyl sites for hydroxylation is 1. The number of nitrogens with one attached hydrogen (secondary N) is 1. The van der Waals surface area contributed by atoms with Crippen molar-refractivity contribution in [3.63, 3.8) is 0 Å². The van der Waals surface area contributed by atoms with E-state index in [4.69, 9.17) is 5.73 Å². The summed E-state index contributed by atoms with van der Waals surface area (Å²) in [6, 6.07) is 8.20. The molecule has 1 aliphatic rings. The van der Waals surface area contributed by atoms with Gasteiger partial charge in [0.2, 0.25) is 5.91 Å². The van der Waals surface area contributed by atoms with Crippen molar-refractivity contribution in [3.05, 3.63) is 29.8 Å². The molecule has 0 spiro atoms. The molecule has 1 aromatic carbocycles. The monoisotopic (exact) mass is 261 g/mol. The smallest absolute Gasteiger partial charge is 0.242 e. The third-order valence-corrected chi connectivity index (χ3v) is 3.68. The highest BCUT2D eigenvalue weighted by molar-refractivity contribution is 5.86. The molecular weight excluding hydrogens is 238 g/mol. The predicted molar refractivity (Wildman–Crippen MR) is 78.3 cm³/mol. The second kappa shape index (κ2) is 6.57. The van der Waals surface area contributed by atoms with Crippen LogP contribution in [0, 0.1) is 0 Å². The molecule has 104 valence electrons. The highest BCUT2D eigenvalue weighted by atomic mass is 16.2. The lowest BCUT2D eigenvalue weighted by Gasteiger charge is -2.32. The van der Waals surface area contributed by atoms with Crippen molar-refractivity contribution in [2.24, 2.45) is 5.73 Å². The molecule has 3 N–H and O–H groups in total. The van der Waals surface area contributed by atoms with E-state index < -0.39 is 0 Å². The molecule has 1 heterocycles. The van der Waals surface area contributed by atoms with Gasteiger partial charge in [0.25, 0.3) is 0 Å². The Labute approximate surface area is 115 Å². The Balaban J connectivity index is 2.34. The first kappa shape index (κ1) is 13.9. The molecule has 1 atom stereocenters. The Hall–Kier alpha value is -1.55. The highest BCUT2D eigenvalue weighted by Crippen LogP contribution is 2.25. The first-order chi connectivity index (χ1) is 9.27. The molecule has 1 aliphatic heterocycles. The van der Waals surface area contributed by atoms with Crippen molar-refractivity contribution >= 4 is 11.6 Å². The first-order valence-electron chi connectivity index (χ1n) is 7.10. The van der Waals surface area contributed by atoms with Gasteiger partial charge in [-0.2, -0.15) is 0 Å². The summed E-state index contributed by atoms with van der Waals surface area (Å²) in [7, 11) is 0. The van der Waals surface area contributed by atoms with Crippen molar-refractivity contribution in [2.45, 2.75) is 32.2 Å². The number of hydrogen-bond donors (Lipinski definition) is 2. The Bertz CT molecular complexity index is 433. The molecule has 0 radical (unpaired) electrons. The summed E-state index contributed by atoms with van der Waals surface area (Å²) < 4.78 is 0. The van der Waals surface area contributed by atoms with Crippen LogP contribution in [0.2, 0.25) is 0 Å². The second-order valence-corrected chi connectivity index (χ2v) is 4.91. The Kier molecular flexibility index (Phi) is 4.80. The summed E-state index contributed by atoms with van der Waals surface area (Å²) in [4.78, 5) is 14.4. The first-order valence-corrected chi connectivity index (χ1v) is 7.10. The zero-order chi connectivity index (χ0) is 13.7. The van der Waals surface area contributed by atoms with Gasteiger partial charge in [-0.3, -0.25) is 4.79 Å². The molecular formula is C15H23N3O. The molecule has 4 heteroatoms. The van der Waals surface area contributed by atoms with E-state index in [0.717, 1.165) is 25.9 Å². The van der Waals surface area contributed by atoms with Gasteiger partial charge in [0, 0.05) is 18.8 Å². The fraction of sp³-hybridized carbons (Fsp3) is 0.533. The number of carbonyl (C=O) groups excluding carboxylic acids is 1. The summed E-state index contributed by atoms with van der Waals surface area (Å²) in [5.74, 6) is 0.105. The number of anilines is 1. The van der Waals surface area contributed by atoms with Crippen LogP contribution in [0.15, 0.2) is 24.3 Å². The average molecular weight is 261 g/mol. The summed E-state index contributed by atoms with van der Waals surface area (Å²) in [5, 5.41) is 2.98. The van der Waals surface area contributed by atoms with E-state index in [2.05, 4.69) is 35.3 Å². The second-order valence-electron chi connectivity index (χ2n) is 4.91. The largest absolute Gasteiger partial charge is 0.359 e. The number of nitrogens with zero attached hydrogens (tertiary/aromatic N) is 1. The van der Waals surface area contributed by atoms with Crippen LogP contribution in [0.25, 0.3) is 0 Å². The van der Waals surface area contributed by atoms with Gasteiger partial charge >= 0.3 is 0 Å². The van der Waals surface area contributed by atoms with E-state index in [0.29, 0.717) is 13.0 Å². The lowest BCUT2D eigenvalue weighted by Crippen LogP contribution is -2.45. The van der Waals surface area contributed by atoms with Crippen LogP contribution in [-0.2, 0) is 11.2 Å². The molecule has 2 rings (SSSR count). The van der Waals surface area contributed by atoms with E-state index in [1.165, 1.54) is 11.3 Å². The predicted octanol–water partition coefficient (Wildman–Crippen LogP) is 1.29. The third-order valence-electron chi connectivity index (χ3n) is 3.68. The fourth-order valence-corrected chi connectivity index (χ4v) is 2.70. The molecule has 0 aliphatic carbocycles. The van der Waals surface area contributed by atoms with Gasteiger partial charge in [-0.25, -0.2) is 0 Å². The third kappa shape index (κ3) is 3.07. The van der Waals surface area contributed by atoms with Gasteiger partial charge in [-0.05, 0) is 37.4 Å². The lowest BCUT2D eigenvalue weighted by atomic mass is 10.1. The fourth-order valence-electron chi connectivity index (χ4n) is 2.70. The number of rotatable bonds is 4. The normalized spacial score (nSPS) is 20.0. The Morgan fingerprint density at radius 3 is 2.95 bits per heavy atom. The lowest BCUT2D eigenvalue weighted by molar-refractivity contribution is -0.122. The molecule has 1 unspecified atom stereocenters. The van der Waals surface area contributed by atoms with Crippen molar-refractivity contribution in [1.82, 2.24) is 5.32 Å². The quantitative estimate of drug-likeness (QED) is 0.858. The van der Waals surface area contributed by atoms with Crippen LogP contribution in [-0.4, -0.2) is 31.6 Å². The maximum absolute atomic E-state index is 12.2. The molecule has 4 nitrogen and oxygen atoms in total. The number of hydrogen-bond acceptors (Lipinski definition) is 3. The molecule has 0 aromatic heterocycles. The van der Waals surface area contributed by atoms with Crippen LogP contribution >= 0.6 is 0 Å². The van der Waals surface area contributed by atoms with Crippen LogP contribution in [0.1, 0.15) is 25.3 Å². The number of carbonyl (C=O) groups is 1. The molecule has 1 aromatic rings. The number of para-hydroxylation sites is 1. The van der Waals surface area contributed by atoms with Crippen molar-refractivity contribution in [1.29, 1.82) is 0 Å². The molecule has 0 bridgehead atoms. The number of nitrogens with two attached hydrogens (primary N) is 1. The minimum Gasteiger partial charge on any atom is -0.359 e. The summed E-state index contributed by atoms with van der Waals surface area (Å²) >= 11 is 0. The van der Waals surface area contributed by atoms with Crippen LogP contribution in [0.3, 0.4) is 0 Å². The zero-order valence-electron chi connectivity index (χ0n) is 11.6. The van der Waals surface area contributed by atoms with Gasteiger partial charge < -0.3 is 16.0 Å². The van der Waals surface area contributed by atoms with Gasteiger partial charge in [0.1, 0.15) is 6.04 Å². The minimum absolute atomic E-state index is 0.105. The van der Waals surface area contributed by atoms with E-state index in [9.17, 15) is 4.79 Å². The molecule has 1 fully saturated rings. The summed E-state index contributed by atoms with van der Waals surface area (Å²) in [6.45, 7) is 4.34. The topological polar surface area (TPSA) is 58.4 Å². The standard InChI is InChI=1S/C15H23N3O/c1-2-12-6-3-4-7-13(12)18-11-5-10-17-15(19)14(18)8-9-16/h3-4,6-7,14H,2,5,8-11,16H2,1H3,(H,17,19). The zero-order valence-corrected chi connectivity index (χ0v) is 11.6.